The number of thiazole rings is 1. The Hall–Kier alpha value is -0.710. The van der Waals surface area contributed by atoms with E-state index in [9.17, 15) is 0 Å². The van der Waals surface area contributed by atoms with Crippen molar-refractivity contribution in [2.45, 2.75) is 51.9 Å². The highest BCUT2D eigenvalue weighted by Gasteiger charge is 2.24. The summed E-state index contributed by atoms with van der Waals surface area (Å²) in [5, 5.41) is 1.35. The zero-order valence-electron chi connectivity index (χ0n) is 14.7. The highest BCUT2D eigenvalue weighted by atomic mass is 79.9. The Morgan fingerprint density at radius 3 is 2.54 bits per heavy atom. The average Bonchev–Trinajstić information content (AvgIpc) is 2.98. The lowest BCUT2D eigenvalue weighted by molar-refractivity contribution is 0.208. The van der Waals surface area contributed by atoms with Gasteiger partial charge in [-0.25, -0.2) is 4.98 Å². The van der Waals surface area contributed by atoms with Gasteiger partial charge < -0.3 is 4.90 Å². The van der Waals surface area contributed by atoms with Gasteiger partial charge in [0, 0.05) is 10.4 Å². The first-order chi connectivity index (χ1) is 11.7. The Balaban J connectivity index is 1.62. The zero-order valence-corrected chi connectivity index (χ0v) is 17.1. The van der Waals surface area contributed by atoms with Gasteiger partial charge in [-0.1, -0.05) is 47.8 Å². The van der Waals surface area contributed by atoms with Crippen LogP contribution >= 0.6 is 27.3 Å². The Kier molecular flexibility index (Phi) is 6.48. The summed E-state index contributed by atoms with van der Waals surface area (Å²) in [6, 6.07) is 8.60. The molecule has 1 fully saturated rings. The predicted molar refractivity (Wildman–Crippen MR) is 108 cm³/mol. The Labute approximate surface area is 158 Å². The van der Waals surface area contributed by atoms with E-state index in [4.69, 9.17) is 4.98 Å². The number of hydrogen-bond acceptors (Lipinski definition) is 3. The number of unbranched alkanes of at least 4 members (excludes halogenated alkanes) is 2. The summed E-state index contributed by atoms with van der Waals surface area (Å²) < 4.78 is 1.13. The number of hydrogen-bond donors (Lipinski definition) is 0. The molecule has 0 atom stereocenters. The molecule has 1 aromatic heterocycles. The van der Waals surface area contributed by atoms with Crippen LogP contribution in [0.2, 0.25) is 0 Å². The highest BCUT2D eigenvalue weighted by Crippen LogP contribution is 2.37. The maximum Gasteiger partial charge on any atom is 0.0966 e. The van der Waals surface area contributed by atoms with E-state index >= 15 is 0 Å². The molecule has 0 bridgehead atoms. The van der Waals surface area contributed by atoms with Crippen molar-refractivity contribution in [3.63, 3.8) is 0 Å². The molecule has 130 valence electrons. The molecule has 0 unspecified atom stereocenters. The van der Waals surface area contributed by atoms with Crippen molar-refractivity contribution >= 4 is 27.3 Å². The van der Waals surface area contributed by atoms with E-state index in [0.717, 1.165) is 4.47 Å². The summed E-state index contributed by atoms with van der Waals surface area (Å²) in [6.07, 6.45) is 6.55. The molecule has 2 nitrogen and oxygen atoms in total. The number of nitrogens with zero attached hydrogens (tertiary/aromatic N) is 2. The molecule has 0 saturated carbocycles. The summed E-state index contributed by atoms with van der Waals surface area (Å²) >= 11 is 5.42. The molecule has 3 rings (SSSR count). The fraction of sp³-hybridized carbons (Fsp3) is 0.550. The normalized spacial score (nSPS) is 16.6. The summed E-state index contributed by atoms with van der Waals surface area (Å²) in [4.78, 5) is 8.90. The predicted octanol–water partition coefficient (Wildman–Crippen LogP) is 6.25. The van der Waals surface area contributed by atoms with Gasteiger partial charge >= 0.3 is 0 Å². The third-order valence-electron chi connectivity index (χ3n) is 4.93. The van der Waals surface area contributed by atoms with E-state index in [2.05, 4.69) is 58.9 Å². The molecule has 1 saturated heterocycles. The van der Waals surface area contributed by atoms with E-state index in [0.29, 0.717) is 5.92 Å². The van der Waals surface area contributed by atoms with Gasteiger partial charge in [-0.15, -0.1) is 11.3 Å². The fourth-order valence-electron chi connectivity index (χ4n) is 3.45. The molecule has 1 aliphatic rings. The van der Waals surface area contributed by atoms with Gasteiger partial charge in [-0.05, 0) is 63.5 Å². The number of likely N-dealkylation sites (tertiary alicyclic amines) is 1. The number of benzene rings is 1. The summed E-state index contributed by atoms with van der Waals surface area (Å²) in [6.45, 7) is 8.18. The minimum absolute atomic E-state index is 0.653. The van der Waals surface area contributed by atoms with E-state index in [1.165, 1.54) is 72.9 Å². The Morgan fingerprint density at radius 1 is 1.17 bits per heavy atom. The van der Waals surface area contributed by atoms with Gasteiger partial charge in [0.05, 0.1) is 15.6 Å². The maximum atomic E-state index is 4.92. The Bertz CT molecular complexity index is 642. The van der Waals surface area contributed by atoms with E-state index in [-0.39, 0.29) is 0 Å². The van der Waals surface area contributed by atoms with Crippen molar-refractivity contribution < 1.29 is 0 Å². The largest absolute Gasteiger partial charge is 0.303 e. The third kappa shape index (κ3) is 4.47. The number of aromatic nitrogens is 1. The molecule has 1 aliphatic heterocycles. The van der Waals surface area contributed by atoms with Crippen molar-refractivity contribution in [2.24, 2.45) is 0 Å². The third-order valence-corrected chi connectivity index (χ3v) is 6.83. The van der Waals surface area contributed by atoms with Crippen LogP contribution < -0.4 is 0 Å². The van der Waals surface area contributed by atoms with Gasteiger partial charge in [0.15, 0.2) is 0 Å². The highest BCUT2D eigenvalue weighted by molar-refractivity contribution is 9.10. The van der Waals surface area contributed by atoms with Crippen molar-refractivity contribution in [3.05, 3.63) is 39.4 Å². The van der Waals surface area contributed by atoms with Crippen LogP contribution in [-0.4, -0.2) is 29.5 Å². The molecule has 0 radical (unpaired) electrons. The van der Waals surface area contributed by atoms with Gasteiger partial charge in [0.2, 0.25) is 0 Å². The second-order valence-electron chi connectivity index (χ2n) is 6.80. The number of rotatable bonds is 6. The fourth-order valence-corrected chi connectivity index (χ4v) is 4.96. The topological polar surface area (TPSA) is 16.1 Å². The van der Waals surface area contributed by atoms with Crippen molar-refractivity contribution in [1.29, 1.82) is 0 Å². The van der Waals surface area contributed by atoms with E-state index in [1.807, 2.05) is 11.3 Å². The van der Waals surface area contributed by atoms with Crippen molar-refractivity contribution in [2.75, 3.05) is 19.6 Å². The van der Waals surface area contributed by atoms with Crippen LogP contribution in [0.25, 0.3) is 10.4 Å². The van der Waals surface area contributed by atoms with Gasteiger partial charge in [0.25, 0.3) is 0 Å². The van der Waals surface area contributed by atoms with Gasteiger partial charge in [-0.2, -0.15) is 0 Å². The first-order valence-electron chi connectivity index (χ1n) is 9.13. The lowest BCUT2D eigenvalue weighted by atomic mass is 9.97. The van der Waals surface area contributed by atoms with Crippen LogP contribution in [0, 0.1) is 6.92 Å². The standard InChI is InChI=1S/C20H27BrN2S/c1-3-4-5-12-23-13-10-17(11-14-23)20-22-15(2)19(24-20)16-6-8-18(21)9-7-16/h6-9,17H,3-5,10-14H2,1-2H3. The van der Waals surface area contributed by atoms with Crippen LogP contribution in [0.5, 0.6) is 0 Å². The van der Waals surface area contributed by atoms with E-state index < -0.39 is 0 Å². The molecule has 24 heavy (non-hydrogen) atoms. The number of halogens is 1. The van der Waals surface area contributed by atoms with Crippen LogP contribution in [0.15, 0.2) is 28.7 Å². The van der Waals surface area contributed by atoms with Crippen LogP contribution in [-0.2, 0) is 0 Å². The molecular formula is C20H27BrN2S. The van der Waals surface area contributed by atoms with E-state index in [1.54, 1.807) is 0 Å². The van der Waals surface area contributed by atoms with Crippen molar-refractivity contribution in [3.8, 4) is 10.4 Å². The molecule has 1 aromatic carbocycles. The van der Waals surface area contributed by atoms with Crippen molar-refractivity contribution in [1.82, 2.24) is 9.88 Å². The molecule has 0 amide bonds. The summed E-state index contributed by atoms with van der Waals surface area (Å²) in [5.41, 5.74) is 2.47. The first-order valence-corrected chi connectivity index (χ1v) is 10.7. The second kappa shape index (κ2) is 8.59. The summed E-state index contributed by atoms with van der Waals surface area (Å²) in [7, 11) is 0. The van der Waals surface area contributed by atoms with Crippen LogP contribution in [0.4, 0.5) is 0 Å². The average molecular weight is 407 g/mol. The molecule has 2 heterocycles. The lowest BCUT2D eigenvalue weighted by Gasteiger charge is -2.31. The van der Waals surface area contributed by atoms with Gasteiger partial charge in [0.1, 0.15) is 0 Å². The minimum atomic E-state index is 0.653. The molecule has 2 aromatic rings. The maximum absolute atomic E-state index is 4.92. The molecule has 4 heteroatoms. The van der Waals surface area contributed by atoms with Gasteiger partial charge in [-0.3, -0.25) is 0 Å². The van der Waals surface area contributed by atoms with Crippen LogP contribution in [0.1, 0.15) is 55.6 Å². The number of aryl methyl sites for hydroxylation is 1. The lowest BCUT2D eigenvalue weighted by Crippen LogP contribution is -2.33. The zero-order chi connectivity index (χ0) is 16.9. The second-order valence-corrected chi connectivity index (χ2v) is 8.74. The van der Waals surface area contributed by atoms with Crippen LogP contribution in [0.3, 0.4) is 0 Å². The molecule has 0 aliphatic carbocycles. The summed E-state index contributed by atoms with van der Waals surface area (Å²) in [5.74, 6) is 0.653. The number of piperidine rings is 1. The smallest absolute Gasteiger partial charge is 0.0966 e. The minimum Gasteiger partial charge on any atom is -0.303 e. The molecule has 0 N–H and O–H groups in total. The molecular weight excluding hydrogens is 380 g/mol. The quantitative estimate of drug-likeness (QED) is 0.526. The SMILES string of the molecule is CCCCCN1CCC(c2nc(C)c(-c3ccc(Br)cc3)s2)CC1. The Morgan fingerprint density at radius 2 is 1.88 bits per heavy atom. The molecule has 0 spiro atoms. The first kappa shape index (κ1) is 18.1. The monoisotopic (exact) mass is 406 g/mol.